The van der Waals surface area contributed by atoms with E-state index in [-0.39, 0.29) is 0 Å². The molecular weight excluding hydrogens is 374 g/mol. The summed E-state index contributed by atoms with van der Waals surface area (Å²) in [5, 5.41) is 8.67. The normalized spacial score (nSPS) is 11.6. The predicted octanol–water partition coefficient (Wildman–Crippen LogP) is 3.10. The van der Waals surface area contributed by atoms with Crippen molar-refractivity contribution in [2.24, 2.45) is 4.99 Å². The van der Waals surface area contributed by atoms with Crippen LogP contribution in [-0.4, -0.2) is 42.2 Å². The second-order valence-corrected chi connectivity index (χ2v) is 6.95. The molecule has 0 saturated heterocycles. The highest BCUT2D eigenvalue weighted by Gasteiger charge is 2.07. The van der Waals surface area contributed by atoms with Gasteiger partial charge in [-0.3, -0.25) is 9.39 Å². The van der Waals surface area contributed by atoms with Crippen LogP contribution in [0.3, 0.4) is 0 Å². The van der Waals surface area contributed by atoms with Crippen LogP contribution in [-0.2, 0) is 13.0 Å². The lowest BCUT2D eigenvalue weighted by Gasteiger charge is -2.14. The molecule has 0 radical (unpaired) electrons. The van der Waals surface area contributed by atoms with Crippen molar-refractivity contribution in [3.8, 4) is 11.5 Å². The highest BCUT2D eigenvalue weighted by molar-refractivity contribution is 7.15. The zero-order valence-corrected chi connectivity index (χ0v) is 17.4. The van der Waals surface area contributed by atoms with Gasteiger partial charge in [0.25, 0.3) is 0 Å². The van der Waals surface area contributed by atoms with E-state index in [4.69, 9.17) is 9.47 Å². The van der Waals surface area contributed by atoms with Crippen molar-refractivity contribution >= 4 is 22.3 Å². The van der Waals surface area contributed by atoms with E-state index in [1.807, 2.05) is 48.2 Å². The molecule has 0 amide bonds. The molecule has 2 heterocycles. The smallest absolute Gasteiger partial charge is 0.193 e. The Labute approximate surface area is 169 Å². The van der Waals surface area contributed by atoms with Gasteiger partial charge in [-0.05, 0) is 38.0 Å². The quantitative estimate of drug-likeness (QED) is 0.426. The average molecular weight is 402 g/mol. The van der Waals surface area contributed by atoms with Gasteiger partial charge >= 0.3 is 0 Å². The van der Waals surface area contributed by atoms with E-state index in [0.717, 1.165) is 41.1 Å². The molecule has 3 rings (SSSR count). The van der Waals surface area contributed by atoms with Crippen molar-refractivity contribution in [1.82, 2.24) is 20.0 Å². The van der Waals surface area contributed by atoms with Gasteiger partial charge in [0.2, 0.25) is 0 Å². The number of guanidine groups is 1. The summed E-state index contributed by atoms with van der Waals surface area (Å²) in [5.41, 5.74) is 2.17. The highest BCUT2D eigenvalue weighted by atomic mass is 32.1. The first kappa shape index (κ1) is 20.0. The molecule has 1 aromatic carbocycles. The van der Waals surface area contributed by atoms with Gasteiger partial charge < -0.3 is 20.1 Å². The molecule has 0 unspecified atom stereocenters. The largest absolute Gasteiger partial charge is 0.490 e. The first-order chi connectivity index (χ1) is 13.7. The lowest BCUT2D eigenvalue weighted by Crippen LogP contribution is -2.37. The standard InChI is InChI=1S/C20H27N5O2S/c1-4-26-17-7-6-15(12-18(17)27-5-2)8-9-22-19(21-3)23-13-16-14-25-10-11-28-20(25)24-16/h6-7,10-12,14H,4-5,8-9,13H2,1-3H3,(H2,21,22,23). The molecule has 7 nitrogen and oxygen atoms in total. The summed E-state index contributed by atoms with van der Waals surface area (Å²) in [7, 11) is 1.77. The van der Waals surface area contributed by atoms with Gasteiger partial charge in [-0.1, -0.05) is 6.07 Å². The van der Waals surface area contributed by atoms with Crippen molar-refractivity contribution in [2.75, 3.05) is 26.8 Å². The summed E-state index contributed by atoms with van der Waals surface area (Å²) in [6, 6.07) is 6.09. The molecule has 8 heteroatoms. The predicted molar refractivity (Wildman–Crippen MR) is 114 cm³/mol. The SMILES string of the molecule is CCOc1ccc(CCNC(=NC)NCc2cn3ccsc3n2)cc1OCC. The fourth-order valence-corrected chi connectivity index (χ4v) is 3.55. The molecule has 28 heavy (non-hydrogen) atoms. The Balaban J connectivity index is 1.49. The number of nitrogens with zero attached hydrogens (tertiary/aromatic N) is 3. The van der Waals surface area contributed by atoms with Gasteiger partial charge in [0.1, 0.15) is 0 Å². The maximum atomic E-state index is 5.70. The Morgan fingerprint density at radius 2 is 2.00 bits per heavy atom. The molecule has 150 valence electrons. The number of thiazole rings is 1. The Kier molecular flexibility index (Phi) is 7.13. The minimum Gasteiger partial charge on any atom is -0.490 e. The summed E-state index contributed by atoms with van der Waals surface area (Å²) >= 11 is 1.63. The minimum atomic E-state index is 0.615. The number of hydrogen-bond acceptors (Lipinski definition) is 5. The molecule has 2 aromatic heterocycles. The van der Waals surface area contributed by atoms with Crippen LogP contribution >= 0.6 is 11.3 Å². The third kappa shape index (κ3) is 5.16. The van der Waals surface area contributed by atoms with Gasteiger partial charge in [-0.2, -0.15) is 0 Å². The summed E-state index contributed by atoms with van der Waals surface area (Å²) in [6.07, 6.45) is 4.89. The topological polar surface area (TPSA) is 72.2 Å². The van der Waals surface area contributed by atoms with Crippen LogP contribution in [0, 0.1) is 0 Å². The second-order valence-electron chi connectivity index (χ2n) is 6.07. The van der Waals surface area contributed by atoms with Gasteiger partial charge in [0, 0.05) is 31.4 Å². The summed E-state index contributed by atoms with van der Waals surface area (Å²) in [4.78, 5) is 9.85. The zero-order valence-electron chi connectivity index (χ0n) is 16.6. The van der Waals surface area contributed by atoms with Crippen LogP contribution in [0.25, 0.3) is 4.96 Å². The molecule has 0 saturated carbocycles. The van der Waals surface area contributed by atoms with Crippen molar-refractivity contribution in [2.45, 2.75) is 26.8 Å². The highest BCUT2D eigenvalue weighted by Crippen LogP contribution is 2.28. The van der Waals surface area contributed by atoms with Crippen LogP contribution < -0.4 is 20.1 Å². The van der Waals surface area contributed by atoms with Crippen LogP contribution in [0.4, 0.5) is 0 Å². The van der Waals surface area contributed by atoms with E-state index in [1.165, 1.54) is 5.56 Å². The lowest BCUT2D eigenvalue weighted by atomic mass is 10.1. The van der Waals surface area contributed by atoms with Gasteiger partial charge in [0.15, 0.2) is 22.4 Å². The van der Waals surface area contributed by atoms with Crippen molar-refractivity contribution < 1.29 is 9.47 Å². The Morgan fingerprint density at radius 3 is 2.75 bits per heavy atom. The monoisotopic (exact) mass is 401 g/mol. The van der Waals surface area contributed by atoms with Crippen LogP contribution in [0.5, 0.6) is 11.5 Å². The summed E-state index contributed by atoms with van der Waals surface area (Å²) < 4.78 is 13.3. The molecule has 0 spiro atoms. The fraction of sp³-hybridized carbons (Fsp3) is 0.400. The number of fused-ring (bicyclic) bond motifs is 1. The van der Waals surface area contributed by atoms with Crippen molar-refractivity contribution in [3.63, 3.8) is 0 Å². The molecule has 0 fully saturated rings. The lowest BCUT2D eigenvalue weighted by molar-refractivity contribution is 0.287. The molecule has 0 aliphatic carbocycles. The van der Waals surface area contributed by atoms with E-state index in [1.54, 1.807) is 18.4 Å². The summed E-state index contributed by atoms with van der Waals surface area (Å²) in [6.45, 7) is 6.58. The first-order valence-electron chi connectivity index (χ1n) is 9.47. The van der Waals surface area contributed by atoms with E-state index < -0.39 is 0 Å². The first-order valence-corrected chi connectivity index (χ1v) is 10.4. The summed E-state index contributed by atoms with van der Waals surface area (Å²) in [5.74, 6) is 2.34. The average Bonchev–Trinajstić information content (AvgIpc) is 3.28. The van der Waals surface area contributed by atoms with Crippen LogP contribution in [0.2, 0.25) is 0 Å². The molecule has 0 bridgehead atoms. The molecule has 0 atom stereocenters. The number of hydrogen-bond donors (Lipinski definition) is 2. The number of aromatic nitrogens is 2. The Morgan fingerprint density at radius 1 is 1.18 bits per heavy atom. The molecule has 0 aliphatic rings. The maximum absolute atomic E-state index is 5.70. The Bertz CT molecular complexity index is 890. The zero-order chi connectivity index (χ0) is 19.8. The number of aliphatic imine (C=N–C) groups is 1. The van der Waals surface area contributed by atoms with E-state index in [9.17, 15) is 0 Å². The van der Waals surface area contributed by atoms with E-state index in [0.29, 0.717) is 19.8 Å². The fourth-order valence-electron chi connectivity index (χ4n) is 2.83. The maximum Gasteiger partial charge on any atom is 0.193 e. The molecular formula is C20H27N5O2S. The number of ether oxygens (including phenoxy) is 2. The van der Waals surface area contributed by atoms with Crippen molar-refractivity contribution in [3.05, 3.63) is 47.2 Å². The number of benzene rings is 1. The van der Waals surface area contributed by atoms with E-state index in [2.05, 4.69) is 26.7 Å². The Hall–Kier alpha value is -2.74. The number of imidazole rings is 1. The number of nitrogens with one attached hydrogen (secondary N) is 2. The number of rotatable bonds is 9. The molecule has 3 aromatic rings. The second kappa shape index (κ2) is 9.98. The van der Waals surface area contributed by atoms with Crippen molar-refractivity contribution in [1.29, 1.82) is 0 Å². The van der Waals surface area contributed by atoms with Gasteiger partial charge in [0.05, 0.1) is 25.5 Å². The van der Waals surface area contributed by atoms with Crippen LogP contribution in [0.15, 0.2) is 41.0 Å². The molecule has 0 aliphatic heterocycles. The third-order valence-electron chi connectivity index (χ3n) is 4.12. The van der Waals surface area contributed by atoms with Crippen LogP contribution in [0.1, 0.15) is 25.1 Å². The third-order valence-corrected chi connectivity index (χ3v) is 4.89. The van der Waals surface area contributed by atoms with Gasteiger partial charge in [-0.25, -0.2) is 4.98 Å². The van der Waals surface area contributed by atoms with E-state index >= 15 is 0 Å². The van der Waals surface area contributed by atoms with Gasteiger partial charge in [-0.15, -0.1) is 11.3 Å². The minimum absolute atomic E-state index is 0.615. The molecule has 2 N–H and O–H groups in total.